The smallest absolute Gasteiger partial charge is 0.229 e. The number of pyridine rings is 1. The average molecular weight is 371 g/mol. The van der Waals surface area contributed by atoms with Crippen LogP contribution in [0.4, 0.5) is 11.6 Å². The van der Waals surface area contributed by atoms with Crippen LogP contribution < -0.4 is 10.6 Å². The number of rotatable bonds is 3. The lowest BCUT2D eigenvalue weighted by Crippen LogP contribution is -2.18. The molecule has 7 nitrogen and oxygen atoms in total. The zero-order chi connectivity index (χ0) is 18.8. The maximum atomic E-state index is 4.85. The highest BCUT2D eigenvalue weighted by atomic mass is 15.1. The molecule has 0 amide bonds. The number of aromatic nitrogens is 5. The van der Waals surface area contributed by atoms with Gasteiger partial charge in [-0.1, -0.05) is 12.1 Å². The van der Waals surface area contributed by atoms with E-state index in [0.29, 0.717) is 11.6 Å². The van der Waals surface area contributed by atoms with Crippen molar-refractivity contribution in [2.45, 2.75) is 19.3 Å². The molecule has 0 bridgehead atoms. The summed E-state index contributed by atoms with van der Waals surface area (Å²) in [6.07, 6.45) is 8.83. The number of hydrogen-bond acceptors (Lipinski definition) is 6. The molecule has 4 aromatic rings. The summed E-state index contributed by atoms with van der Waals surface area (Å²) in [6, 6.07) is 10.0. The van der Waals surface area contributed by atoms with Crippen molar-refractivity contribution in [2.24, 2.45) is 0 Å². The average Bonchev–Trinajstić information content (AvgIpc) is 3.16. The summed E-state index contributed by atoms with van der Waals surface area (Å²) in [6.45, 7) is 2.03. The largest absolute Gasteiger partial charge is 0.341 e. The lowest BCUT2D eigenvalue weighted by Gasteiger charge is -2.14. The predicted molar refractivity (Wildman–Crippen MR) is 111 cm³/mol. The van der Waals surface area contributed by atoms with Crippen LogP contribution in [0.25, 0.3) is 27.6 Å². The molecule has 1 aliphatic heterocycles. The molecular weight excluding hydrogens is 350 g/mol. The summed E-state index contributed by atoms with van der Waals surface area (Å²) in [7, 11) is 0. The van der Waals surface area contributed by atoms with E-state index in [-0.39, 0.29) is 0 Å². The number of anilines is 2. The van der Waals surface area contributed by atoms with E-state index in [1.165, 1.54) is 5.57 Å². The number of H-pyrrole nitrogens is 1. The third-order valence-corrected chi connectivity index (χ3v) is 4.96. The van der Waals surface area contributed by atoms with Gasteiger partial charge in [0.25, 0.3) is 0 Å². The first-order valence-corrected chi connectivity index (χ1v) is 9.60. The van der Waals surface area contributed by atoms with E-state index in [0.717, 1.165) is 60.2 Å². The van der Waals surface area contributed by atoms with Gasteiger partial charge in [0.05, 0.1) is 17.5 Å². The molecular formula is C21H21N7. The fraction of sp³-hybridized carbons (Fsp3) is 0.238. The van der Waals surface area contributed by atoms with Crippen molar-refractivity contribution >= 4 is 39.3 Å². The molecule has 4 heterocycles. The lowest BCUT2D eigenvalue weighted by atomic mass is 10.0. The summed E-state index contributed by atoms with van der Waals surface area (Å²) in [5.74, 6) is 0.555. The van der Waals surface area contributed by atoms with Crippen molar-refractivity contribution in [3.63, 3.8) is 0 Å². The topological polar surface area (TPSA) is 91.4 Å². The number of allylic oxidation sites excluding steroid dienone is 1. The Kier molecular flexibility index (Phi) is 4.42. The second-order valence-electron chi connectivity index (χ2n) is 6.90. The Morgan fingerprint density at radius 1 is 1.04 bits per heavy atom. The fourth-order valence-corrected chi connectivity index (χ4v) is 3.60. The molecule has 0 spiro atoms. The molecule has 1 aliphatic rings. The normalized spacial score (nSPS) is 15.2. The van der Waals surface area contributed by atoms with E-state index < -0.39 is 0 Å². The van der Waals surface area contributed by atoms with Crippen molar-refractivity contribution < 1.29 is 0 Å². The highest BCUT2D eigenvalue weighted by molar-refractivity contribution is 5.87. The van der Waals surface area contributed by atoms with Gasteiger partial charge in [-0.2, -0.15) is 4.98 Å². The van der Waals surface area contributed by atoms with Crippen LogP contribution in [0.2, 0.25) is 0 Å². The van der Waals surface area contributed by atoms with E-state index in [9.17, 15) is 0 Å². The van der Waals surface area contributed by atoms with Crippen molar-refractivity contribution in [1.29, 1.82) is 0 Å². The summed E-state index contributed by atoms with van der Waals surface area (Å²) < 4.78 is 0. The Balaban J connectivity index is 1.54. The zero-order valence-corrected chi connectivity index (χ0v) is 15.4. The van der Waals surface area contributed by atoms with Crippen LogP contribution in [-0.4, -0.2) is 38.0 Å². The van der Waals surface area contributed by atoms with Crippen molar-refractivity contribution in [3.8, 4) is 0 Å². The number of imidazole rings is 1. The number of aromatic amines is 1. The van der Waals surface area contributed by atoms with Crippen LogP contribution in [0.15, 0.2) is 48.9 Å². The molecule has 0 saturated heterocycles. The molecule has 0 aliphatic carbocycles. The molecule has 3 N–H and O–H groups in total. The van der Waals surface area contributed by atoms with Crippen LogP contribution in [0, 0.1) is 0 Å². The van der Waals surface area contributed by atoms with Gasteiger partial charge in [0, 0.05) is 17.3 Å². The van der Waals surface area contributed by atoms with E-state index >= 15 is 0 Å². The van der Waals surface area contributed by atoms with Crippen LogP contribution >= 0.6 is 0 Å². The molecule has 1 aromatic carbocycles. The molecule has 5 rings (SSSR count). The zero-order valence-electron chi connectivity index (χ0n) is 15.4. The van der Waals surface area contributed by atoms with Crippen LogP contribution in [-0.2, 0) is 0 Å². The minimum atomic E-state index is 0.555. The van der Waals surface area contributed by atoms with Gasteiger partial charge in [0.2, 0.25) is 5.95 Å². The molecule has 7 heteroatoms. The molecule has 28 heavy (non-hydrogen) atoms. The summed E-state index contributed by atoms with van der Waals surface area (Å²) in [4.78, 5) is 21.4. The number of nitrogens with zero attached hydrogens (tertiary/aromatic N) is 4. The second-order valence-corrected chi connectivity index (χ2v) is 6.90. The van der Waals surface area contributed by atoms with Gasteiger partial charge in [0.15, 0.2) is 5.65 Å². The highest BCUT2D eigenvalue weighted by Crippen LogP contribution is 2.27. The Labute approximate surface area is 162 Å². The van der Waals surface area contributed by atoms with Crippen molar-refractivity contribution in [2.75, 3.05) is 18.4 Å². The van der Waals surface area contributed by atoms with E-state index in [1.54, 1.807) is 12.5 Å². The number of hydrogen-bond donors (Lipinski definition) is 3. The first-order chi connectivity index (χ1) is 13.9. The Hall–Kier alpha value is -3.32. The van der Waals surface area contributed by atoms with Gasteiger partial charge >= 0.3 is 0 Å². The highest BCUT2D eigenvalue weighted by Gasteiger charge is 2.15. The van der Waals surface area contributed by atoms with E-state index in [2.05, 4.69) is 42.7 Å². The first kappa shape index (κ1) is 16.8. The first-order valence-electron chi connectivity index (χ1n) is 9.60. The molecule has 0 fully saturated rings. The minimum Gasteiger partial charge on any atom is -0.341 e. The quantitative estimate of drug-likeness (QED) is 0.507. The van der Waals surface area contributed by atoms with E-state index in [1.807, 2.05) is 24.3 Å². The monoisotopic (exact) mass is 371 g/mol. The molecule has 3 aromatic heterocycles. The lowest BCUT2D eigenvalue weighted by molar-refractivity contribution is 0.650. The van der Waals surface area contributed by atoms with Gasteiger partial charge in [-0.3, -0.25) is 4.98 Å². The van der Waals surface area contributed by atoms with Crippen LogP contribution in [0.1, 0.15) is 25.0 Å². The summed E-state index contributed by atoms with van der Waals surface area (Å²) in [5.41, 5.74) is 5.66. The minimum absolute atomic E-state index is 0.555. The molecule has 140 valence electrons. The Morgan fingerprint density at radius 3 is 3.04 bits per heavy atom. The predicted octanol–water partition coefficient (Wildman–Crippen LogP) is 3.80. The van der Waals surface area contributed by atoms with Crippen molar-refractivity contribution in [3.05, 3.63) is 54.6 Å². The maximum absolute atomic E-state index is 4.85. The van der Waals surface area contributed by atoms with Gasteiger partial charge in [0.1, 0.15) is 5.52 Å². The van der Waals surface area contributed by atoms with Gasteiger partial charge in [-0.15, -0.1) is 0 Å². The number of benzene rings is 1. The number of nitrogens with one attached hydrogen (secondary N) is 3. The van der Waals surface area contributed by atoms with Crippen LogP contribution in [0.3, 0.4) is 0 Å². The standard InChI is InChI=1S/C21H21N7/c1-4-14(5-2-10-22-9-1)18-19-20(25-13-24-19)28-21(27-18)26-16-7-8-17-15(12-16)6-3-11-23-17/h3-4,6-8,11-13,22H,1-2,5,9-10H2,(H2,24,25,26,27,28). The Bertz CT molecular complexity index is 1160. The SMILES string of the molecule is C1=C(c2nc(Nc3ccc4ncccc4c3)nc3nc[nH]c23)CCCNCC1. The molecule has 0 radical (unpaired) electrons. The van der Waals surface area contributed by atoms with Gasteiger partial charge in [-0.05, 0) is 62.2 Å². The third-order valence-electron chi connectivity index (χ3n) is 4.96. The number of fused-ring (bicyclic) bond motifs is 2. The van der Waals surface area contributed by atoms with Crippen molar-refractivity contribution in [1.82, 2.24) is 30.2 Å². The Morgan fingerprint density at radius 2 is 2.04 bits per heavy atom. The van der Waals surface area contributed by atoms with E-state index in [4.69, 9.17) is 4.98 Å². The third kappa shape index (κ3) is 3.32. The molecule has 0 unspecified atom stereocenters. The fourth-order valence-electron chi connectivity index (χ4n) is 3.60. The molecule has 0 atom stereocenters. The summed E-state index contributed by atoms with van der Waals surface area (Å²) in [5, 5.41) is 7.85. The second kappa shape index (κ2) is 7.36. The molecule has 0 saturated carbocycles. The van der Waals surface area contributed by atoms with Gasteiger partial charge < -0.3 is 15.6 Å². The summed E-state index contributed by atoms with van der Waals surface area (Å²) >= 11 is 0. The maximum Gasteiger partial charge on any atom is 0.229 e. The van der Waals surface area contributed by atoms with Gasteiger partial charge in [-0.25, -0.2) is 9.97 Å². The van der Waals surface area contributed by atoms with Crippen LogP contribution in [0.5, 0.6) is 0 Å².